The first-order chi connectivity index (χ1) is 5.66. The molecule has 2 N–H and O–H groups in total. The molecule has 0 aromatic heterocycles. The average Bonchev–Trinajstić information content (AvgIpc) is 2.01. The van der Waals surface area contributed by atoms with Gasteiger partial charge in [0.1, 0.15) is 0 Å². The molecule has 0 heterocycles. The van der Waals surface area contributed by atoms with E-state index in [1.54, 1.807) is 7.05 Å². The van der Waals surface area contributed by atoms with Crippen molar-refractivity contribution in [1.29, 1.82) is 0 Å². The quantitative estimate of drug-likeness (QED) is 0.152. The van der Waals surface area contributed by atoms with Gasteiger partial charge in [0, 0.05) is 12.6 Å². The number of hydrogen-bond acceptors (Lipinski definition) is 4. The van der Waals surface area contributed by atoms with Crippen LogP contribution in [-0.4, -0.2) is 37.1 Å². The van der Waals surface area contributed by atoms with Crippen molar-refractivity contribution in [2.45, 2.75) is 0 Å². The Morgan fingerprint density at radius 2 is 2.23 bits per heavy atom. The van der Waals surface area contributed by atoms with Gasteiger partial charge in [0.25, 0.3) is 0 Å². The summed E-state index contributed by atoms with van der Waals surface area (Å²) in [7, 11) is 1.74. The van der Waals surface area contributed by atoms with Crippen molar-refractivity contribution in [2.75, 3.05) is 20.1 Å². The van der Waals surface area contributed by atoms with Gasteiger partial charge in [-0.25, -0.2) is 4.79 Å². The van der Waals surface area contributed by atoms with E-state index in [2.05, 4.69) is 10.3 Å². The third-order valence-corrected chi connectivity index (χ3v) is 0.998. The maximum absolute atomic E-state index is 10.7. The van der Waals surface area contributed by atoms with Crippen LogP contribution in [0.1, 0.15) is 0 Å². The second kappa shape index (κ2) is 9.73. The van der Waals surface area contributed by atoms with E-state index in [-0.39, 0.29) is 29.6 Å². The van der Waals surface area contributed by atoms with Gasteiger partial charge in [-0.3, -0.25) is 4.99 Å². The summed E-state index contributed by atoms with van der Waals surface area (Å²) in [6, 6.07) is 0. The molecule has 0 unspecified atom stereocenters. The van der Waals surface area contributed by atoms with E-state index in [9.17, 15) is 9.90 Å². The molecular weight excluding hydrogens is 183 g/mol. The molecule has 5 nitrogen and oxygen atoms in total. The van der Waals surface area contributed by atoms with Crippen LogP contribution in [-0.2, 0) is 4.79 Å². The minimum atomic E-state index is -1.15. The van der Waals surface area contributed by atoms with Crippen LogP contribution in [0, 0.1) is 0 Å². The molecule has 68 valence electrons. The molecule has 0 spiro atoms. The number of nitrogens with zero attached hydrogens (tertiary/aromatic N) is 1. The minimum absolute atomic E-state index is 0. The summed E-state index contributed by atoms with van der Waals surface area (Å²) >= 11 is 0. The van der Waals surface area contributed by atoms with Crippen LogP contribution < -0.4 is 40.0 Å². The zero-order chi connectivity index (χ0) is 9.40. The number of aliphatic imine (C=N–C) groups is 1. The Labute approximate surface area is 98.8 Å². The molecule has 13 heavy (non-hydrogen) atoms. The summed E-state index contributed by atoms with van der Waals surface area (Å²) in [5, 5.41) is 21.6. The van der Waals surface area contributed by atoms with Crippen molar-refractivity contribution in [1.82, 2.24) is 5.32 Å². The summed E-state index contributed by atoms with van der Waals surface area (Å²) in [6.45, 7) is 0.964. The minimum Gasteiger partial charge on any atom is -0.859 e. The molecule has 0 saturated heterocycles. The normalized spacial score (nSPS) is 11.3. The second-order valence-corrected chi connectivity index (χ2v) is 2.00. The van der Waals surface area contributed by atoms with Gasteiger partial charge < -0.3 is 15.5 Å². The van der Waals surface area contributed by atoms with Gasteiger partial charge in [-0.2, -0.15) is 0 Å². The molecule has 0 rings (SSSR count). The number of carboxylic acids is 1. The molecule has 0 aromatic rings. The SMILES string of the molecule is CNCCN=C([O-])/C=C/C(=O)O.[Na+]. The number of nitrogens with one attached hydrogen (secondary N) is 1. The Balaban J connectivity index is 0. The van der Waals surface area contributed by atoms with E-state index in [0.29, 0.717) is 13.1 Å². The maximum Gasteiger partial charge on any atom is 1.00 e. The molecule has 0 saturated carbocycles. The molecule has 0 radical (unpaired) electrons. The van der Waals surface area contributed by atoms with Crippen molar-refractivity contribution < 1.29 is 44.6 Å². The van der Waals surface area contributed by atoms with E-state index in [1.807, 2.05) is 0 Å². The third-order valence-electron chi connectivity index (χ3n) is 0.998. The Hall–Kier alpha value is -0.360. The van der Waals surface area contributed by atoms with Crippen LogP contribution in [0.5, 0.6) is 0 Å². The maximum atomic E-state index is 10.7. The number of carbonyl (C=O) groups is 1. The Morgan fingerprint density at radius 3 is 2.69 bits per heavy atom. The van der Waals surface area contributed by atoms with Crippen LogP contribution in [0.3, 0.4) is 0 Å². The van der Waals surface area contributed by atoms with E-state index in [4.69, 9.17) is 5.11 Å². The van der Waals surface area contributed by atoms with E-state index in [1.165, 1.54) is 0 Å². The zero-order valence-corrected chi connectivity index (χ0v) is 9.78. The standard InChI is InChI=1S/C7H12N2O3.Na/c1-8-4-5-9-6(10)2-3-7(11)12;/h2-3,8H,4-5H2,1H3,(H,9,10)(H,11,12);/q;+1/p-1/b3-2+;. The van der Waals surface area contributed by atoms with Crippen LogP contribution >= 0.6 is 0 Å². The Kier molecular flexibility index (Phi) is 11.3. The summed E-state index contributed by atoms with van der Waals surface area (Å²) in [5.74, 6) is -1.67. The van der Waals surface area contributed by atoms with E-state index < -0.39 is 11.9 Å². The fourth-order valence-corrected chi connectivity index (χ4v) is 0.473. The van der Waals surface area contributed by atoms with Gasteiger partial charge >= 0.3 is 35.5 Å². The first kappa shape index (κ1) is 15.1. The Morgan fingerprint density at radius 1 is 1.62 bits per heavy atom. The fourth-order valence-electron chi connectivity index (χ4n) is 0.473. The van der Waals surface area contributed by atoms with Gasteiger partial charge in [0.15, 0.2) is 0 Å². The summed E-state index contributed by atoms with van der Waals surface area (Å²) in [4.78, 5) is 13.5. The number of likely N-dealkylation sites (N-methyl/N-ethyl adjacent to an activating group) is 1. The van der Waals surface area contributed by atoms with Gasteiger partial charge in [-0.05, 0) is 19.0 Å². The van der Waals surface area contributed by atoms with Gasteiger partial charge in [0.05, 0.1) is 6.54 Å². The number of hydrogen-bond donors (Lipinski definition) is 2. The van der Waals surface area contributed by atoms with E-state index in [0.717, 1.165) is 12.2 Å². The topological polar surface area (TPSA) is 84.8 Å². The smallest absolute Gasteiger partial charge is 0.859 e. The first-order valence-electron chi connectivity index (χ1n) is 3.44. The average molecular weight is 194 g/mol. The van der Waals surface area contributed by atoms with Crippen LogP contribution in [0.2, 0.25) is 0 Å². The van der Waals surface area contributed by atoms with Gasteiger partial charge in [0.2, 0.25) is 0 Å². The molecule has 0 aliphatic heterocycles. The van der Waals surface area contributed by atoms with Crippen molar-refractivity contribution >= 4 is 11.9 Å². The van der Waals surface area contributed by atoms with Crippen LogP contribution in [0.15, 0.2) is 17.1 Å². The summed E-state index contributed by atoms with van der Waals surface area (Å²) < 4.78 is 0. The number of aliphatic carboxylic acids is 1. The van der Waals surface area contributed by atoms with Crippen molar-refractivity contribution in [3.8, 4) is 0 Å². The van der Waals surface area contributed by atoms with Gasteiger partial charge in [-0.1, -0.05) is 0 Å². The summed E-state index contributed by atoms with van der Waals surface area (Å²) in [6.07, 6.45) is 1.70. The molecule has 0 aromatic carbocycles. The fraction of sp³-hybridized carbons (Fsp3) is 0.429. The van der Waals surface area contributed by atoms with E-state index >= 15 is 0 Å². The zero-order valence-electron chi connectivity index (χ0n) is 7.78. The van der Waals surface area contributed by atoms with Crippen molar-refractivity contribution in [2.24, 2.45) is 4.99 Å². The molecular formula is C7H11N2NaO3. The van der Waals surface area contributed by atoms with Crippen molar-refractivity contribution in [3.63, 3.8) is 0 Å². The molecule has 0 bridgehead atoms. The predicted octanol–water partition coefficient (Wildman–Crippen LogP) is -4.39. The summed E-state index contributed by atoms with van der Waals surface area (Å²) in [5.41, 5.74) is 0. The number of rotatable bonds is 5. The largest absolute Gasteiger partial charge is 1.00 e. The molecule has 0 aliphatic rings. The number of carboxylic acid groups (broad SMARTS) is 1. The molecule has 0 aliphatic carbocycles. The molecule has 0 amide bonds. The van der Waals surface area contributed by atoms with Crippen LogP contribution in [0.25, 0.3) is 0 Å². The van der Waals surface area contributed by atoms with Gasteiger partial charge in [-0.15, -0.1) is 0 Å². The third kappa shape index (κ3) is 11.6. The Bertz CT molecular complexity index is 204. The first-order valence-corrected chi connectivity index (χ1v) is 3.44. The molecule has 0 fully saturated rings. The van der Waals surface area contributed by atoms with Crippen LogP contribution in [0.4, 0.5) is 0 Å². The molecule has 6 heteroatoms. The second-order valence-electron chi connectivity index (χ2n) is 2.00. The van der Waals surface area contributed by atoms with Crippen molar-refractivity contribution in [3.05, 3.63) is 12.2 Å². The predicted molar refractivity (Wildman–Crippen MR) is 43.0 cm³/mol. The molecule has 0 atom stereocenters. The monoisotopic (exact) mass is 194 g/mol.